The van der Waals surface area contributed by atoms with Crippen LogP contribution in [-0.2, 0) is 18.0 Å². The van der Waals surface area contributed by atoms with Crippen LogP contribution in [0.25, 0.3) is 11.4 Å². The van der Waals surface area contributed by atoms with Crippen LogP contribution >= 0.6 is 0 Å². The van der Waals surface area contributed by atoms with Gasteiger partial charge in [0.1, 0.15) is 18.1 Å². The third-order valence-electron chi connectivity index (χ3n) is 5.07. The Morgan fingerprint density at radius 3 is 2.50 bits per heavy atom. The summed E-state index contributed by atoms with van der Waals surface area (Å²) in [6, 6.07) is 11.9. The van der Waals surface area contributed by atoms with Crippen molar-refractivity contribution in [3.05, 3.63) is 70.9 Å². The van der Waals surface area contributed by atoms with Crippen LogP contribution in [0.2, 0.25) is 0 Å². The van der Waals surface area contributed by atoms with Crippen molar-refractivity contribution in [2.45, 2.75) is 27.1 Å². The molecule has 2 aromatic heterocycles. The molecule has 0 saturated heterocycles. The van der Waals surface area contributed by atoms with Crippen molar-refractivity contribution < 1.29 is 32.8 Å². The molecular weight excluding hydrogens is 442 g/mol. The molecule has 2 aromatic carbocycles. The summed E-state index contributed by atoms with van der Waals surface area (Å²) in [5, 5.41) is 7.84. The van der Waals surface area contributed by atoms with E-state index < -0.39 is 5.97 Å². The largest absolute Gasteiger partial charge is 0.493 e. The van der Waals surface area contributed by atoms with Gasteiger partial charge >= 0.3 is 5.97 Å². The number of hydrogen-bond donors (Lipinski definition) is 0. The molecule has 0 fully saturated rings. The van der Waals surface area contributed by atoms with Crippen LogP contribution in [0.1, 0.15) is 33.3 Å². The van der Waals surface area contributed by atoms with E-state index in [0.717, 1.165) is 11.3 Å². The Morgan fingerprint density at radius 2 is 1.76 bits per heavy atom. The lowest BCUT2D eigenvalue weighted by atomic mass is 10.2. The van der Waals surface area contributed by atoms with Crippen molar-refractivity contribution in [1.82, 2.24) is 15.3 Å². The molecule has 0 radical (unpaired) electrons. The molecule has 10 heteroatoms. The topological polar surface area (TPSA) is 119 Å². The Balaban J connectivity index is 1.37. The summed E-state index contributed by atoms with van der Waals surface area (Å²) in [7, 11) is 3.10. The minimum atomic E-state index is -0.548. The van der Waals surface area contributed by atoms with Crippen LogP contribution in [0.15, 0.2) is 51.5 Å². The molecule has 176 valence electrons. The van der Waals surface area contributed by atoms with E-state index >= 15 is 0 Å². The number of nitrogens with zero attached hydrogens (tertiary/aromatic N) is 3. The first-order valence-electron chi connectivity index (χ1n) is 10.3. The van der Waals surface area contributed by atoms with Crippen molar-refractivity contribution in [2.24, 2.45) is 0 Å². The van der Waals surface area contributed by atoms with Crippen molar-refractivity contribution in [1.29, 1.82) is 0 Å². The molecular formula is C24H23N3O7. The van der Waals surface area contributed by atoms with E-state index in [0.29, 0.717) is 40.0 Å². The Hall–Kier alpha value is -4.34. The standard InChI is InChI=1S/C24H23N3O7/c1-14-19(15(2)33-26-14)12-31-18-7-5-6-17(10-18)24(28)32-13-22-25-23(27-34-22)16-8-9-20(29-3)21(11-16)30-4/h5-11H,12-13H2,1-4H3. The number of aryl methyl sites for hydroxylation is 2. The van der Waals surface area contributed by atoms with E-state index in [1.807, 2.05) is 13.8 Å². The fourth-order valence-corrected chi connectivity index (χ4v) is 3.19. The van der Waals surface area contributed by atoms with E-state index in [-0.39, 0.29) is 19.1 Å². The fraction of sp³-hybridized carbons (Fsp3) is 0.250. The maximum Gasteiger partial charge on any atom is 0.338 e. The minimum Gasteiger partial charge on any atom is -0.493 e. The Labute approximate surface area is 195 Å². The third kappa shape index (κ3) is 5.01. The zero-order valence-corrected chi connectivity index (χ0v) is 19.2. The van der Waals surface area contributed by atoms with Gasteiger partial charge in [0, 0.05) is 5.56 Å². The van der Waals surface area contributed by atoms with Gasteiger partial charge in [-0.15, -0.1) is 0 Å². The Bertz CT molecular complexity index is 1280. The number of carbonyl (C=O) groups excluding carboxylic acids is 1. The molecule has 0 unspecified atom stereocenters. The molecule has 0 N–H and O–H groups in total. The van der Waals surface area contributed by atoms with Gasteiger partial charge < -0.3 is 28.0 Å². The van der Waals surface area contributed by atoms with E-state index in [1.165, 1.54) is 0 Å². The molecule has 0 bridgehead atoms. The second-order valence-electron chi connectivity index (χ2n) is 7.28. The molecule has 0 spiro atoms. The van der Waals surface area contributed by atoms with Gasteiger partial charge in [-0.05, 0) is 50.2 Å². The van der Waals surface area contributed by atoms with Crippen LogP contribution in [0.3, 0.4) is 0 Å². The molecule has 4 rings (SSSR count). The van der Waals surface area contributed by atoms with Crippen molar-refractivity contribution in [2.75, 3.05) is 14.2 Å². The maximum absolute atomic E-state index is 12.5. The number of aromatic nitrogens is 3. The van der Waals surface area contributed by atoms with E-state index in [9.17, 15) is 4.79 Å². The Morgan fingerprint density at radius 1 is 0.941 bits per heavy atom. The van der Waals surface area contributed by atoms with Gasteiger partial charge in [-0.1, -0.05) is 16.4 Å². The summed E-state index contributed by atoms with van der Waals surface area (Å²) in [5.74, 6) is 2.28. The predicted octanol–water partition coefficient (Wildman–Crippen LogP) is 4.29. The van der Waals surface area contributed by atoms with E-state index in [1.54, 1.807) is 56.7 Å². The summed E-state index contributed by atoms with van der Waals surface area (Å²) >= 11 is 0. The van der Waals surface area contributed by atoms with Crippen LogP contribution < -0.4 is 14.2 Å². The molecule has 0 aliphatic heterocycles. The molecule has 4 aromatic rings. The molecule has 0 atom stereocenters. The van der Waals surface area contributed by atoms with Gasteiger partial charge in [0.15, 0.2) is 18.1 Å². The predicted molar refractivity (Wildman–Crippen MR) is 119 cm³/mol. The number of methoxy groups -OCH3 is 2. The zero-order chi connectivity index (χ0) is 24.1. The van der Waals surface area contributed by atoms with Crippen LogP contribution in [0, 0.1) is 13.8 Å². The molecule has 34 heavy (non-hydrogen) atoms. The van der Waals surface area contributed by atoms with Crippen LogP contribution in [0.4, 0.5) is 0 Å². The molecule has 0 amide bonds. The first-order valence-corrected chi connectivity index (χ1v) is 10.3. The molecule has 0 saturated carbocycles. The molecule has 10 nitrogen and oxygen atoms in total. The highest BCUT2D eigenvalue weighted by molar-refractivity contribution is 5.89. The quantitative estimate of drug-likeness (QED) is 0.331. The first-order chi connectivity index (χ1) is 16.5. The Kier molecular flexibility index (Phi) is 6.77. The van der Waals surface area contributed by atoms with Crippen LogP contribution in [0.5, 0.6) is 17.2 Å². The average Bonchev–Trinajstić information content (AvgIpc) is 3.47. The minimum absolute atomic E-state index is 0.156. The molecule has 2 heterocycles. The highest BCUT2D eigenvalue weighted by Gasteiger charge is 2.15. The number of rotatable bonds is 9. The number of esters is 1. The highest BCUT2D eigenvalue weighted by atomic mass is 16.6. The normalized spacial score (nSPS) is 10.7. The monoisotopic (exact) mass is 465 g/mol. The maximum atomic E-state index is 12.5. The number of hydrogen-bond acceptors (Lipinski definition) is 10. The zero-order valence-electron chi connectivity index (χ0n) is 19.2. The fourth-order valence-electron chi connectivity index (χ4n) is 3.19. The van der Waals surface area contributed by atoms with Gasteiger partial charge in [-0.25, -0.2) is 4.79 Å². The summed E-state index contributed by atoms with van der Waals surface area (Å²) in [6.45, 7) is 3.77. The second kappa shape index (κ2) is 10.1. The van der Waals surface area contributed by atoms with Crippen LogP contribution in [-0.4, -0.2) is 35.5 Å². The lowest BCUT2D eigenvalue weighted by Crippen LogP contribution is -2.06. The van der Waals surface area contributed by atoms with Gasteiger partial charge in [0.05, 0.1) is 31.0 Å². The van der Waals surface area contributed by atoms with E-state index in [2.05, 4.69) is 15.3 Å². The van der Waals surface area contributed by atoms with Gasteiger partial charge in [0.25, 0.3) is 5.89 Å². The third-order valence-corrected chi connectivity index (χ3v) is 5.07. The summed E-state index contributed by atoms with van der Waals surface area (Å²) < 4.78 is 32.0. The van der Waals surface area contributed by atoms with Gasteiger partial charge in [-0.2, -0.15) is 4.98 Å². The summed E-state index contributed by atoms with van der Waals surface area (Å²) in [5.41, 5.74) is 2.63. The smallest absolute Gasteiger partial charge is 0.338 e. The first kappa shape index (κ1) is 22.8. The van der Waals surface area contributed by atoms with E-state index in [4.69, 9.17) is 28.0 Å². The molecule has 0 aliphatic carbocycles. The van der Waals surface area contributed by atoms with Gasteiger partial charge in [0.2, 0.25) is 5.82 Å². The molecule has 0 aliphatic rings. The summed E-state index contributed by atoms with van der Waals surface area (Å²) in [6.07, 6.45) is 0. The second-order valence-corrected chi connectivity index (χ2v) is 7.28. The number of ether oxygens (including phenoxy) is 4. The highest BCUT2D eigenvalue weighted by Crippen LogP contribution is 2.31. The van der Waals surface area contributed by atoms with Crippen molar-refractivity contribution >= 4 is 5.97 Å². The van der Waals surface area contributed by atoms with Gasteiger partial charge in [-0.3, -0.25) is 0 Å². The SMILES string of the molecule is COc1ccc(-c2noc(COC(=O)c3cccc(OCc4c(C)noc4C)c3)n2)cc1OC. The summed E-state index contributed by atoms with van der Waals surface area (Å²) in [4.78, 5) is 16.8. The average molecular weight is 465 g/mol. The lowest BCUT2D eigenvalue weighted by Gasteiger charge is -2.08. The van der Waals surface area contributed by atoms with Crippen molar-refractivity contribution in [3.63, 3.8) is 0 Å². The van der Waals surface area contributed by atoms with Crippen molar-refractivity contribution in [3.8, 4) is 28.6 Å². The number of carbonyl (C=O) groups is 1. The lowest BCUT2D eigenvalue weighted by molar-refractivity contribution is 0.0429. The number of benzene rings is 2.